The largest absolute Gasteiger partial charge is 0.456 e. The summed E-state index contributed by atoms with van der Waals surface area (Å²) in [6.45, 7) is -1.19. The molecule has 0 aliphatic carbocycles. The molecule has 0 aliphatic heterocycles. The van der Waals surface area contributed by atoms with Crippen molar-refractivity contribution in [2.75, 3.05) is 0 Å². The van der Waals surface area contributed by atoms with E-state index < -0.39 is 12.5 Å². The maximum Gasteiger partial charge on any atom is 0.326 e. The number of ether oxygens (including phenoxy) is 1. The molecule has 0 N–H and O–H groups in total. The highest BCUT2D eigenvalue weighted by Gasteiger charge is 2.19. The number of fused-ring (bicyclic) bond motifs is 2. The van der Waals surface area contributed by atoms with Gasteiger partial charge in [-0.1, -0.05) is 31.2 Å². The molecule has 4 aromatic rings. The topological polar surface area (TPSA) is 61.9 Å². The van der Waals surface area contributed by atoms with Crippen molar-refractivity contribution >= 4 is 28.0 Å². The first-order valence-corrected chi connectivity index (χ1v) is 8.92. The van der Waals surface area contributed by atoms with Crippen LogP contribution in [0.5, 0.6) is 0 Å². The molecule has 0 spiro atoms. The number of nitrogens with zero attached hydrogens (tertiary/aromatic N) is 4. The summed E-state index contributed by atoms with van der Waals surface area (Å²) in [4.78, 5) is 21.1. The van der Waals surface area contributed by atoms with Gasteiger partial charge in [0.1, 0.15) is 19.0 Å². The Balaban J connectivity index is 1.55. The number of para-hydroxylation sites is 4. The lowest BCUT2D eigenvalue weighted by atomic mass is 10.3. The molecule has 2 aromatic carbocycles. The lowest BCUT2D eigenvalue weighted by molar-refractivity contribution is -0.146. The second-order valence-electron chi connectivity index (χ2n) is 6.28. The quantitative estimate of drug-likeness (QED) is 0.470. The standard InChI is InChI=1S/C20H18F2N4O2/c1-2-17-23-13-7-3-5-9-15(13)25(17)11-19(27)28-12-18-24-14-8-4-6-10-16(14)26(18)20(21)22/h3-10,20H,2,11-12H2,1H3. The lowest BCUT2D eigenvalue weighted by Gasteiger charge is -2.10. The Morgan fingerprint density at radius 2 is 1.61 bits per heavy atom. The monoisotopic (exact) mass is 384 g/mol. The van der Waals surface area contributed by atoms with E-state index in [-0.39, 0.29) is 19.0 Å². The zero-order valence-corrected chi connectivity index (χ0v) is 15.2. The molecule has 0 atom stereocenters. The fraction of sp³-hybridized carbons (Fsp3) is 0.250. The molecule has 0 unspecified atom stereocenters. The van der Waals surface area contributed by atoms with Crippen molar-refractivity contribution < 1.29 is 18.3 Å². The van der Waals surface area contributed by atoms with Crippen LogP contribution in [-0.4, -0.2) is 25.1 Å². The zero-order chi connectivity index (χ0) is 19.7. The second-order valence-corrected chi connectivity index (χ2v) is 6.28. The summed E-state index contributed by atoms with van der Waals surface area (Å²) in [6, 6.07) is 14.1. The molecule has 0 amide bonds. The van der Waals surface area contributed by atoms with Gasteiger partial charge in [-0.3, -0.25) is 9.36 Å². The van der Waals surface area contributed by atoms with Gasteiger partial charge in [-0.25, -0.2) is 9.97 Å². The maximum atomic E-state index is 13.5. The Hall–Kier alpha value is -3.29. The summed E-state index contributed by atoms with van der Waals surface area (Å²) in [5, 5.41) is 0. The van der Waals surface area contributed by atoms with Crippen LogP contribution in [0.25, 0.3) is 22.1 Å². The summed E-state index contributed by atoms with van der Waals surface area (Å²) in [7, 11) is 0. The van der Waals surface area contributed by atoms with E-state index in [9.17, 15) is 13.6 Å². The first kappa shape index (κ1) is 18.1. The molecule has 0 fully saturated rings. The first-order valence-electron chi connectivity index (χ1n) is 8.92. The van der Waals surface area contributed by atoms with Gasteiger partial charge in [0.15, 0.2) is 5.82 Å². The number of hydrogen-bond acceptors (Lipinski definition) is 4. The maximum absolute atomic E-state index is 13.5. The first-order chi connectivity index (χ1) is 13.6. The highest BCUT2D eigenvalue weighted by atomic mass is 19.3. The summed E-state index contributed by atoms with van der Waals surface area (Å²) >= 11 is 0. The van der Waals surface area contributed by atoms with Crippen molar-refractivity contribution in [3.8, 4) is 0 Å². The van der Waals surface area contributed by atoms with Crippen LogP contribution in [0, 0.1) is 0 Å². The van der Waals surface area contributed by atoms with E-state index in [1.54, 1.807) is 28.8 Å². The molecule has 0 saturated heterocycles. The van der Waals surface area contributed by atoms with E-state index in [1.165, 1.54) is 0 Å². The number of carbonyl (C=O) groups excluding carboxylic acids is 1. The molecule has 8 heteroatoms. The van der Waals surface area contributed by atoms with E-state index in [1.807, 2.05) is 31.2 Å². The Bertz CT molecular complexity index is 1150. The highest BCUT2D eigenvalue weighted by molar-refractivity contribution is 5.79. The van der Waals surface area contributed by atoms with Gasteiger partial charge in [-0.05, 0) is 24.3 Å². The normalized spacial score (nSPS) is 11.6. The second kappa shape index (κ2) is 7.38. The van der Waals surface area contributed by atoms with E-state index in [0.29, 0.717) is 17.5 Å². The van der Waals surface area contributed by atoms with Crippen LogP contribution in [0.4, 0.5) is 8.78 Å². The van der Waals surface area contributed by atoms with Gasteiger partial charge < -0.3 is 9.30 Å². The SMILES string of the molecule is CCc1nc2ccccc2n1CC(=O)OCc1nc2ccccc2n1C(F)F. The number of halogens is 2. The number of imidazole rings is 2. The average molecular weight is 384 g/mol. The third kappa shape index (κ3) is 3.21. The third-order valence-corrected chi connectivity index (χ3v) is 4.56. The number of aromatic nitrogens is 4. The number of hydrogen-bond donors (Lipinski definition) is 0. The van der Waals surface area contributed by atoms with Gasteiger partial charge in [0, 0.05) is 6.42 Å². The predicted octanol–water partition coefficient (Wildman–Crippen LogP) is 4.09. The number of esters is 1. The van der Waals surface area contributed by atoms with E-state index in [2.05, 4.69) is 9.97 Å². The van der Waals surface area contributed by atoms with E-state index in [0.717, 1.165) is 21.4 Å². The van der Waals surface area contributed by atoms with Crippen molar-refractivity contribution in [1.29, 1.82) is 0 Å². The van der Waals surface area contributed by atoms with Gasteiger partial charge >= 0.3 is 12.5 Å². The van der Waals surface area contributed by atoms with Gasteiger partial charge in [0.05, 0.1) is 22.1 Å². The third-order valence-electron chi connectivity index (χ3n) is 4.56. The zero-order valence-electron chi connectivity index (χ0n) is 15.2. The summed E-state index contributed by atoms with van der Waals surface area (Å²) < 4.78 is 34.8. The molecular weight excluding hydrogens is 366 g/mol. The van der Waals surface area contributed by atoms with Gasteiger partial charge in [0.25, 0.3) is 0 Å². The molecule has 0 radical (unpaired) electrons. The van der Waals surface area contributed by atoms with E-state index >= 15 is 0 Å². The number of rotatable bonds is 6. The average Bonchev–Trinajstić information content (AvgIpc) is 3.24. The molecule has 0 aliphatic rings. The number of aryl methyl sites for hydroxylation is 1. The minimum Gasteiger partial charge on any atom is -0.456 e. The molecule has 6 nitrogen and oxygen atoms in total. The Morgan fingerprint density at radius 1 is 1.00 bits per heavy atom. The summed E-state index contributed by atoms with van der Waals surface area (Å²) in [5.74, 6) is 0.236. The smallest absolute Gasteiger partial charge is 0.326 e. The molecule has 2 heterocycles. The van der Waals surface area contributed by atoms with Crippen LogP contribution >= 0.6 is 0 Å². The number of carbonyl (C=O) groups is 1. The van der Waals surface area contributed by atoms with Crippen molar-refractivity contribution in [3.63, 3.8) is 0 Å². The molecule has 2 aromatic heterocycles. The minimum absolute atomic E-state index is 0.00996. The Morgan fingerprint density at radius 3 is 2.29 bits per heavy atom. The van der Waals surface area contributed by atoms with Crippen LogP contribution in [0.3, 0.4) is 0 Å². The van der Waals surface area contributed by atoms with Crippen molar-refractivity contribution in [3.05, 3.63) is 60.2 Å². The fourth-order valence-corrected chi connectivity index (χ4v) is 3.31. The summed E-state index contributed by atoms with van der Waals surface area (Å²) in [5.41, 5.74) is 2.36. The van der Waals surface area contributed by atoms with Gasteiger partial charge in [-0.2, -0.15) is 8.78 Å². The van der Waals surface area contributed by atoms with Gasteiger partial charge in [-0.15, -0.1) is 0 Å². The van der Waals surface area contributed by atoms with Crippen LogP contribution < -0.4 is 0 Å². The molecule has 0 saturated carbocycles. The van der Waals surface area contributed by atoms with Crippen LogP contribution in [0.1, 0.15) is 25.1 Å². The van der Waals surface area contributed by atoms with Crippen LogP contribution in [-0.2, 0) is 29.1 Å². The van der Waals surface area contributed by atoms with Crippen LogP contribution in [0.15, 0.2) is 48.5 Å². The molecule has 0 bridgehead atoms. The summed E-state index contributed by atoms with van der Waals surface area (Å²) in [6.07, 6.45) is 0.656. The molecular formula is C20H18F2N4O2. The van der Waals surface area contributed by atoms with Crippen molar-refractivity contribution in [1.82, 2.24) is 19.1 Å². The van der Waals surface area contributed by atoms with Crippen molar-refractivity contribution in [2.45, 2.75) is 33.0 Å². The molecule has 28 heavy (non-hydrogen) atoms. The lowest BCUT2D eigenvalue weighted by Crippen LogP contribution is -2.17. The number of benzene rings is 2. The minimum atomic E-state index is -2.77. The fourth-order valence-electron chi connectivity index (χ4n) is 3.31. The van der Waals surface area contributed by atoms with Crippen molar-refractivity contribution in [2.24, 2.45) is 0 Å². The highest BCUT2D eigenvalue weighted by Crippen LogP contribution is 2.23. The Labute approximate surface area is 159 Å². The predicted molar refractivity (Wildman–Crippen MR) is 99.9 cm³/mol. The number of alkyl halides is 2. The van der Waals surface area contributed by atoms with Gasteiger partial charge in [0.2, 0.25) is 0 Å². The molecule has 4 rings (SSSR count). The Kier molecular flexibility index (Phi) is 4.77. The molecule has 144 valence electrons. The van der Waals surface area contributed by atoms with E-state index in [4.69, 9.17) is 4.74 Å². The van der Waals surface area contributed by atoms with Crippen LogP contribution in [0.2, 0.25) is 0 Å².